The first kappa shape index (κ1) is 14.8. The molecule has 0 bridgehead atoms. The lowest BCUT2D eigenvalue weighted by atomic mass is 10.0. The summed E-state index contributed by atoms with van der Waals surface area (Å²) >= 11 is 1.44. The molecule has 0 aliphatic heterocycles. The molecule has 0 saturated heterocycles. The molecule has 1 rings (SSSR count). The summed E-state index contributed by atoms with van der Waals surface area (Å²) < 4.78 is 0. The molecule has 1 N–H and O–H groups in total. The Labute approximate surface area is 112 Å². The van der Waals surface area contributed by atoms with Crippen LogP contribution in [0.3, 0.4) is 0 Å². The Balaban J connectivity index is 2.49. The van der Waals surface area contributed by atoms with Crippen molar-refractivity contribution in [2.24, 2.45) is 0 Å². The van der Waals surface area contributed by atoms with Crippen LogP contribution in [0.1, 0.15) is 37.6 Å². The molecule has 18 heavy (non-hydrogen) atoms. The number of aldehydes is 1. The van der Waals surface area contributed by atoms with Gasteiger partial charge in [-0.3, -0.25) is 9.59 Å². The zero-order chi connectivity index (χ0) is 13.6. The first-order chi connectivity index (χ1) is 8.46. The van der Waals surface area contributed by atoms with Gasteiger partial charge in [-0.05, 0) is 32.4 Å². The SMILES string of the molecule is CCC(C)(C)NC(=O)CSc1cccc(C=O)c1. The maximum Gasteiger partial charge on any atom is 0.230 e. The molecule has 1 aromatic rings. The highest BCUT2D eigenvalue weighted by atomic mass is 32.2. The second kappa shape index (κ2) is 6.59. The van der Waals surface area contributed by atoms with E-state index < -0.39 is 0 Å². The maximum absolute atomic E-state index is 11.7. The third-order valence-electron chi connectivity index (χ3n) is 2.73. The lowest BCUT2D eigenvalue weighted by Gasteiger charge is -2.24. The Morgan fingerprint density at radius 2 is 2.17 bits per heavy atom. The van der Waals surface area contributed by atoms with Crippen molar-refractivity contribution in [3.8, 4) is 0 Å². The van der Waals surface area contributed by atoms with E-state index in [-0.39, 0.29) is 11.4 Å². The summed E-state index contributed by atoms with van der Waals surface area (Å²) in [4.78, 5) is 23.3. The van der Waals surface area contributed by atoms with E-state index in [9.17, 15) is 9.59 Å². The first-order valence-electron chi connectivity index (χ1n) is 5.96. The Morgan fingerprint density at radius 3 is 2.78 bits per heavy atom. The normalized spacial score (nSPS) is 11.1. The van der Waals surface area contributed by atoms with Crippen LogP contribution >= 0.6 is 11.8 Å². The van der Waals surface area contributed by atoms with Crippen molar-refractivity contribution in [3.05, 3.63) is 29.8 Å². The van der Waals surface area contributed by atoms with E-state index in [4.69, 9.17) is 0 Å². The van der Waals surface area contributed by atoms with Crippen molar-refractivity contribution in [3.63, 3.8) is 0 Å². The van der Waals surface area contributed by atoms with Gasteiger partial charge in [-0.1, -0.05) is 19.1 Å². The van der Waals surface area contributed by atoms with Gasteiger partial charge in [0.2, 0.25) is 5.91 Å². The van der Waals surface area contributed by atoms with Gasteiger partial charge in [0.25, 0.3) is 0 Å². The maximum atomic E-state index is 11.7. The van der Waals surface area contributed by atoms with Crippen LogP contribution in [0, 0.1) is 0 Å². The van der Waals surface area contributed by atoms with Crippen molar-refractivity contribution >= 4 is 24.0 Å². The number of carbonyl (C=O) groups is 2. The van der Waals surface area contributed by atoms with Crippen molar-refractivity contribution in [2.75, 3.05) is 5.75 Å². The highest BCUT2D eigenvalue weighted by molar-refractivity contribution is 8.00. The molecule has 0 spiro atoms. The molecule has 0 saturated carbocycles. The smallest absolute Gasteiger partial charge is 0.230 e. The zero-order valence-corrected chi connectivity index (χ0v) is 11.8. The van der Waals surface area contributed by atoms with E-state index in [1.54, 1.807) is 12.1 Å². The molecular formula is C14H19NO2S. The van der Waals surface area contributed by atoms with E-state index in [0.717, 1.165) is 17.6 Å². The molecule has 0 heterocycles. The summed E-state index contributed by atoms with van der Waals surface area (Å²) in [6.45, 7) is 6.05. The van der Waals surface area contributed by atoms with Crippen LogP contribution in [0.25, 0.3) is 0 Å². The fourth-order valence-corrected chi connectivity index (χ4v) is 2.09. The van der Waals surface area contributed by atoms with Crippen molar-refractivity contribution in [1.29, 1.82) is 0 Å². The number of amides is 1. The largest absolute Gasteiger partial charge is 0.351 e. The summed E-state index contributed by atoms with van der Waals surface area (Å²) in [6, 6.07) is 7.25. The van der Waals surface area contributed by atoms with E-state index >= 15 is 0 Å². The first-order valence-corrected chi connectivity index (χ1v) is 6.94. The molecule has 0 unspecified atom stereocenters. The van der Waals surface area contributed by atoms with Crippen LogP contribution in [0.2, 0.25) is 0 Å². The van der Waals surface area contributed by atoms with Crippen molar-refractivity contribution in [1.82, 2.24) is 5.32 Å². The molecule has 0 aromatic heterocycles. The van der Waals surface area contributed by atoms with E-state index in [1.807, 2.05) is 32.9 Å². The number of hydrogen-bond donors (Lipinski definition) is 1. The third kappa shape index (κ3) is 4.92. The van der Waals surface area contributed by atoms with Crippen LogP contribution in [0.5, 0.6) is 0 Å². The number of carbonyl (C=O) groups excluding carboxylic acids is 2. The van der Waals surface area contributed by atoms with Gasteiger partial charge in [-0.2, -0.15) is 0 Å². The molecule has 98 valence electrons. The Kier molecular flexibility index (Phi) is 5.41. The molecule has 0 aliphatic carbocycles. The van der Waals surface area contributed by atoms with Gasteiger partial charge >= 0.3 is 0 Å². The quantitative estimate of drug-likeness (QED) is 0.635. The van der Waals surface area contributed by atoms with Crippen LogP contribution in [-0.4, -0.2) is 23.5 Å². The fourth-order valence-electron chi connectivity index (χ4n) is 1.33. The van der Waals surface area contributed by atoms with Gasteiger partial charge in [-0.25, -0.2) is 0 Å². The van der Waals surface area contributed by atoms with Gasteiger partial charge in [0.1, 0.15) is 6.29 Å². The molecule has 4 heteroatoms. The summed E-state index contributed by atoms with van der Waals surface area (Å²) in [5.74, 6) is 0.384. The molecule has 0 fully saturated rings. The molecule has 1 amide bonds. The third-order valence-corrected chi connectivity index (χ3v) is 3.72. The Hall–Kier alpha value is -1.29. The standard InChI is InChI=1S/C14H19NO2S/c1-4-14(2,3)15-13(17)10-18-12-7-5-6-11(8-12)9-16/h5-9H,4,10H2,1-3H3,(H,15,17). The molecule has 3 nitrogen and oxygen atoms in total. The topological polar surface area (TPSA) is 46.2 Å². The summed E-state index contributed by atoms with van der Waals surface area (Å²) in [7, 11) is 0. The molecule has 0 radical (unpaired) electrons. The highest BCUT2D eigenvalue weighted by Crippen LogP contribution is 2.18. The zero-order valence-electron chi connectivity index (χ0n) is 11.0. The van der Waals surface area contributed by atoms with E-state index in [0.29, 0.717) is 11.3 Å². The predicted molar refractivity (Wildman–Crippen MR) is 75.1 cm³/mol. The Bertz CT molecular complexity index is 430. The van der Waals surface area contributed by atoms with Crippen molar-refractivity contribution in [2.45, 2.75) is 37.6 Å². The fraction of sp³-hybridized carbons (Fsp3) is 0.429. The van der Waals surface area contributed by atoms with Crippen molar-refractivity contribution < 1.29 is 9.59 Å². The highest BCUT2D eigenvalue weighted by Gasteiger charge is 2.17. The minimum absolute atomic E-state index is 0.0170. The Morgan fingerprint density at radius 1 is 1.44 bits per heavy atom. The average molecular weight is 265 g/mol. The second-order valence-corrected chi connectivity index (χ2v) is 5.81. The van der Waals surface area contributed by atoms with Crippen LogP contribution in [0.4, 0.5) is 0 Å². The number of nitrogens with one attached hydrogen (secondary N) is 1. The molecule has 0 aliphatic rings. The lowest BCUT2D eigenvalue weighted by Crippen LogP contribution is -2.43. The van der Waals surface area contributed by atoms with Gasteiger partial charge in [0, 0.05) is 16.0 Å². The summed E-state index contributed by atoms with van der Waals surface area (Å²) in [5, 5.41) is 2.98. The number of hydrogen-bond acceptors (Lipinski definition) is 3. The molecular weight excluding hydrogens is 246 g/mol. The molecule has 0 atom stereocenters. The van der Waals surface area contributed by atoms with E-state index in [1.165, 1.54) is 11.8 Å². The van der Waals surface area contributed by atoms with E-state index in [2.05, 4.69) is 5.32 Å². The number of rotatable bonds is 6. The number of thioether (sulfide) groups is 1. The summed E-state index contributed by atoms with van der Waals surface area (Å²) in [6.07, 6.45) is 1.70. The van der Waals surface area contributed by atoms with Crippen LogP contribution in [-0.2, 0) is 4.79 Å². The summed E-state index contributed by atoms with van der Waals surface area (Å²) in [5.41, 5.74) is 0.469. The second-order valence-electron chi connectivity index (χ2n) is 4.76. The monoisotopic (exact) mass is 265 g/mol. The minimum Gasteiger partial charge on any atom is -0.351 e. The van der Waals surface area contributed by atoms with Gasteiger partial charge < -0.3 is 5.32 Å². The minimum atomic E-state index is -0.164. The van der Waals surface area contributed by atoms with Crippen LogP contribution < -0.4 is 5.32 Å². The number of benzene rings is 1. The van der Waals surface area contributed by atoms with Gasteiger partial charge in [-0.15, -0.1) is 11.8 Å². The average Bonchev–Trinajstić information content (AvgIpc) is 2.36. The molecule has 1 aromatic carbocycles. The predicted octanol–water partition coefficient (Wildman–Crippen LogP) is 2.90. The lowest BCUT2D eigenvalue weighted by molar-refractivity contribution is -0.120. The van der Waals surface area contributed by atoms with Gasteiger partial charge in [0.05, 0.1) is 5.75 Å². The van der Waals surface area contributed by atoms with Crippen LogP contribution in [0.15, 0.2) is 29.2 Å². The van der Waals surface area contributed by atoms with Gasteiger partial charge in [0.15, 0.2) is 0 Å².